The van der Waals surface area contributed by atoms with E-state index in [1.807, 2.05) is 18.2 Å². The Labute approximate surface area is 141 Å². The minimum Gasteiger partial charge on any atom is -0.504 e. The third kappa shape index (κ3) is 1.88. The molecule has 1 aliphatic heterocycles. The topological polar surface area (TPSA) is 59.0 Å². The summed E-state index contributed by atoms with van der Waals surface area (Å²) in [5, 5.41) is 10.9. The standard InChI is InChI=1S/C19H21NO4/c1-20-7-5-11-8-14(23-2)18(22)17-16(11)12(20)9-19(17)6-4-13(21)15(10-19)24-3/h4,6,8,10,12,22H,5,7,9H2,1-3H3/t12-,19+/m0/s1. The molecule has 126 valence electrons. The number of benzene rings is 1. The minimum absolute atomic E-state index is 0.140. The predicted molar refractivity (Wildman–Crippen MR) is 89.3 cm³/mol. The van der Waals surface area contributed by atoms with Crippen molar-refractivity contribution in [3.8, 4) is 11.5 Å². The van der Waals surface area contributed by atoms with Crippen LogP contribution in [0.5, 0.6) is 11.5 Å². The molecule has 0 unspecified atom stereocenters. The number of aromatic hydroxyl groups is 1. The number of phenols is 1. The quantitative estimate of drug-likeness (QED) is 0.903. The Morgan fingerprint density at radius 1 is 1.33 bits per heavy atom. The lowest BCUT2D eigenvalue weighted by molar-refractivity contribution is -0.114. The summed E-state index contributed by atoms with van der Waals surface area (Å²) in [6.45, 7) is 0.963. The zero-order valence-electron chi connectivity index (χ0n) is 14.1. The van der Waals surface area contributed by atoms with Gasteiger partial charge >= 0.3 is 0 Å². The molecule has 4 rings (SSSR count). The fourth-order valence-corrected chi connectivity index (χ4v) is 4.38. The van der Waals surface area contributed by atoms with Gasteiger partial charge < -0.3 is 14.6 Å². The van der Waals surface area contributed by atoms with Crippen LogP contribution in [-0.2, 0) is 21.4 Å². The number of ketones is 1. The molecule has 1 aromatic rings. The summed E-state index contributed by atoms with van der Waals surface area (Å²) in [6.07, 6.45) is 7.02. The lowest BCUT2D eigenvalue weighted by atomic mass is 9.77. The number of allylic oxidation sites excluding steroid dienone is 3. The zero-order chi connectivity index (χ0) is 17.1. The van der Waals surface area contributed by atoms with Crippen LogP contribution in [0.1, 0.15) is 29.2 Å². The number of methoxy groups -OCH3 is 2. The van der Waals surface area contributed by atoms with Crippen molar-refractivity contribution in [1.82, 2.24) is 4.90 Å². The molecule has 0 aromatic heterocycles. The van der Waals surface area contributed by atoms with E-state index < -0.39 is 5.41 Å². The molecule has 1 heterocycles. The van der Waals surface area contributed by atoms with Gasteiger partial charge in [-0.15, -0.1) is 0 Å². The predicted octanol–water partition coefficient (Wildman–Crippen LogP) is 2.24. The van der Waals surface area contributed by atoms with Crippen LogP contribution in [0.25, 0.3) is 0 Å². The van der Waals surface area contributed by atoms with Gasteiger partial charge in [0.05, 0.1) is 14.2 Å². The van der Waals surface area contributed by atoms with Crippen LogP contribution in [0.3, 0.4) is 0 Å². The molecule has 1 spiro atoms. The average Bonchev–Trinajstić information content (AvgIpc) is 2.92. The summed E-state index contributed by atoms with van der Waals surface area (Å²) in [7, 11) is 5.18. The van der Waals surface area contributed by atoms with E-state index in [0.29, 0.717) is 11.5 Å². The first-order valence-electron chi connectivity index (χ1n) is 8.14. The molecule has 0 saturated carbocycles. The van der Waals surface area contributed by atoms with Crippen LogP contribution in [0.4, 0.5) is 0 Å². The van der Waals surface area contributed by atoms with E-state index in [0.717, 1.165) is 24.9 Å². The highest BCUT2D eigenvalue weighted by Crippen LogP contribution is 2.58. The van der Waals surface area contributed by atoms with Crippen molar-refractivity contribution >= 4 is 5.78 Å². The molecule has 2 atom stereocenters. The van der Waals surface area contributed by atoms with Crippen LogP contribution in [0.2, 0.25) is 0 Å². The van der Waals surface area contributed by atoms with Crippen molar-refractivity contribution in [2.45, 2.75) is 24.3 Å². The van der Waals surface area contributed by atoms with Gasteiger partial charge in [-0.05, 0) is 49.2 Å². The first-order valence-corrected chi connectivity index (χ1v) is 8.14. The number of ether oxygens (including phenoxy) is 2. The van der Waals surface area contributed by atoms with E-state index in [2.05, 4.69) is 11.9 Å². The molecule has 5 nitrogen and oxygen atoms in total. The van der Waals surface area contributed by atoms with Crippen LogP contribution in [0, 0.1) is 0 Å². The zero-order valence-corrected chi connectivity index (χ0v) is 14.1. The van der Waals surface area contributed by atoms with E-state index >= 15 is 0 Å². The summed E-state index contributed by atoms with van der Waals surface area (Å²) < 4.78 is 10.7. The minimum atomic E-state index is -0.536. The lowest BCUT2D eigenvalue weighted by Crippen LogP contribution is -2.31. The Hall–Kier alpha value is -2.27. The molecular weight excluding hydrogens is 306 g/mol. The molecule has 3 aliphatic rings. The highest BCUT2D eigenvalue weighted by molar-refractivity contribution is 6.04. The normalized spacial score (nSPS) is 28.0. The lowest BCUT2D eigenvalue weighted by Gasteiger charge is -2.32. The number of carbonyl (C=O) groups is 1. The summed E-state index contributed by atoms with van der Waals surface area (Å²) in [5.74, 6) is 0.847. The molecule has 0 amide bonds. The van der Waals surface area contributed by atoms with E-state index in [4.69, 9.17) is 9.47 Å². The number of rotatable bonds is 2. The summed E-state index contributed by atoms with van der Waals surface area (Å²) >= 11 is 0. The maximum atomic E-state index is 12.0. The smallest absolute Gasteiger partial charge is 0.219 e. The monoisotopic (exact) mass is 327 g/mol. The van der Waals surface area contributed by atoms with E-state index in [9.17, 15) is 9.90 Å². The Kier molecular flexibility index (Phi) is 3.25. The molecule has 0 bridgehead atoms. The van der Waals surface area contributed by atoms with Crippen LogP contribution in [-0.4, -0.2) is 43.6 Å². The van der Waals surface area contributed by atoms with Crippen molar-refractivity contribution < 1.29 is 19.4 Å². The van der Waals surface area contributed by atoms with Crippen molar-refractivity contribution in [2.24, 2.45) is 0 Å². The molecule has 24 heavy (non-hydrogen) atoms. The van der Waals surface area contributed by atoms with Gasteiger partial charge in [0.15, 0.2) is 17.3 Å². The molecule has 1 aromatic carbocycles. The summed E-state index contributed by atoms with van der Waals surface area (Å²) in [4.78, 5) is 14.3. The van der Waals surface area contributed by atoms with Crippen molar-refractivity contribution in [2.75, 3.05) is 27.8 Å². The van der Waals surface area contributed by atoms with Gasteiger partial charge in [0.1, 0.15) is 0 Å². The van der Waals surface area contributed by atoms with E-state index in [1.54, 1.807) is 13.2 Å². The van der Waals surface area contributed by atoms with Crippen molar-refractivity contribution in [3.05, 3.63) is 46.7 Å². The second-order valence-electron chi connectivity index (χ2n) is 6.78. The van der Waals surface area contributed by atoms with Crippen molar-refractivity contribution in [1.29, 1.82) is 0 Å². The Bertz CT molecular complexity index is 795. The maximum absolute atomic E-state index is 12.0. The number of phenolic OH excluding ortho intramolecular Hbond substituents is 1. The third-order valence-electron chi connectivity index (χ3n) is 5.59. The highest BCUT2D eigenvalue weighted by Gasteiger charge is 2.49. The first-order chi connectivity index (χ1) is 11.5. The van der Waals surface area contributed by atoms with Crippen LogP contribution in [0.15, 0.2) is 30.1 Å². The molecule has 2 aliphatic carbocycles. The number of hydrogen-bond acceptors (Lipinski definition) is 5. The third-order valence-corrected chi connectivity index (χ3v) is 5.59. The van der Waals surface area contributed by atoms with E-state index in [1.165, 1.54) is 18.2 Å². The number of likely N-dealkylation sites (N-methyl/N-ethyl adjacent to an activating group) is 1. The molecule has 1 N–H and O–H groups in total. The molecular formula is C19H21NO4. The van der Waals surface area contributed by atoms with Gasteiger partial charge in [0, 0.05) is 23.6 Å². The van der Waals surface area contributed by atoms with Gasteiger partial charge in [0.2, 0.25) is 5.78 Å². The van der Waals surface area contributed by atoms with Gasteiger partial charge in [-0.2, -0.15) is 0 Å². The largest absolute Gasteiger partial charge is 0.504 e. The SMILES string of the molecule is COC1=C[C@@]2(C=CC1=O)C[C@H]1c3c(cc(OC)c(O)c32)CCN1C. The Morgan fingerprint density at radius 3 is 2.83 bits per heavy atom. The van der Waals surface area contributed by atoms with Crippen LogP contribution < -0.4 is 4.74 Å². The second-order valence-corrected chi connectivity index (χ2v) is 6.78. The summed E-state index contributed by atoms with van der Waals surface area (Å²) in [5.41, 5.74) is 2.71. The van der Waals surface area contributed by atoms with E-state index in [-0.39, 0.29) is 17.6 Å². The van der Waals surface area contributed by atoms with Crippen molar-refractivity contribution in [3.63, 3.8) is 0 Å². The van der Waals surface area contributed by atoms with Gasteiger partial charge in [-0.25, -0.2) is 0 Å². The Morgan fingerprint density at radius 2 is 2.12 bits per heavy atom. The molecule has 5 heteroatoms. The van der Waals surface area contributed by atoms with Gasteiger partial charge in [-0.3, -0.25) is 9.69 Å². The Balaban J connectivity index is 2.00. The molecule has 0 radical (unpaired) electrons. The summed E-state index contributed by atoms with van der Waals surface area (Å²) in [6, 6.07) is 2.17. The number of hydrogen-bond donors (Lipinski definition) is 1. The number of carbonyl (C=O) groups excluding carboxylic acids is 1. The fourth-order valence-electron chi connectivity index (χ4n) is 4.38. The van der Waals surface area contributed by atoms with Crippen LogP contribution >= 0.6 is 0 Å². The fraction of sp³-hybridized carbons (Fsp3) is 0.421. The highest BCUT2D eigenvalue weighted by atomic mass is 16.5. The van der Waals surface area contributed by atoms with Gasteiger partial charge in [0.25, 0.3) is 0 Å². The average molecular weight is 327 g/mol. The molecule has 0 saturated heterocycles. The number of nitrogens with zero attached hydrogens (tertiary/aromatic N) is 1. The maximum Gasteiger partial charge on any atom is 0.219 e. The molecule has 0 fully saturated rings. The number of fused-ring (bicyclic) bond motifs is 1. The second kappa shape index (κ2) is 5.11. The van der Waals surface area contributed by atoms with Gasteiger partial charge in [-0.1, -0.05) is 6.08 Å². The first kappa shape index (κ1) is 15.3.